The number of carbonyl (C=O) groups excluding carboxylic acids is 1. The van der Waals surface area contributed by atoms with E-state index < -0.39 is 5.97 Å². The van der Waals surface area contributed by atoms with Crippen LogP contribution in [-0.4, -0.2) is 61.9 Å². The zero-order valence-corrected chi connectivity index (χ0v) is 18.5. The molecule has 2 aromatic heterocycles. The maximum Gasteiger partial charge on any atom is 0.361 e. The number of hydrogen-bond acceptors (Lipinski definition) is 9. The van der Waals surface area contributed by atoms with Crippen LogP contribution in [0, 0.1) is 6.92 Å². The van der Waals surface area contributed by atoms with Gasteiger partial charge in [0.15, 0.2) is 5.71 Å². The summed E-state index contributed by atoms with van der Waals surface area (Å²) in [5, 5.41) is 12.8. The van der Waals surface area contributed by atoms with Crippen molar-refractivity contribution in [1.82, 2.24) is 24.8 Å². The number of nitrogens with zero attached hydrogens (tertiary/aromatic N) is 8. The fourth-order valence-corrected chi connectivity index (χ4v) is 3.46. The Kier molecular flexibility index (Phi) is 6.02. The van der Waals surface area contributed by atoms with Gasteiger partial charge < -0.3 is 9.64 Å². The topological polar surface area (TPSA) is 111 Å². The summed E-state index contributed by atoms with van der Waals surface area (Å²) in [7, 11) is 0. The van der Waals surface area contributed by atoms with E-state index >= 15 is 0 Å². The number of aromatic nitrogens is 5. The predicted molar refractivity (Wildman–Crippen MR) is 121 cm³/mol. The lowest BCUT2D eigenvalue weighted by atomic mass is 10.1. The van der Waals surface area contributed by atoms with Gasteiger partial charge in [0.05, 0.1) is 18.5 Å². The number of aryl methyl sites for hydroxylation is 1. The van der Waals surface area contributed by atoms with Gasteiger partial charge in [-0.25, -0.2) is 14.8 Å². The summed E-state index contributed by atoms with van der Waals surface area (Å²) in [6, 6.07) is 6.03. The highest BCUT2D eigenvalue weighted by Crippen LogP contribution is 2.28. The number of anilines is 1. The van der Waals surface area contributed by atoms with Gasteiger partial charge in [0.25, 0.3) is 0 Å². The molecule has 0 spiro atoms. The van der Waals surface area contributed by atoms with E-state index in [9.17, 15) is 4.79 Å². The predicted octanol–water partition coefficient (Wildman–Crippen LogP) is 2.79. The van der Waals surface area contributed by atoms with Crippen LogP contribution in [0.3, 0.4) is 0 Å². The van der Waals surface area contributed by atoms with Crippen LogP contribution >= 0.6 is 0 Å². The van der Waals surface area contributed by atoms with Crippen LogP contribution in [0.25, 0.3) is 11.5 Å². The van der Waals surface area contributed by atoms with E-state index in [-0.39, 0.29) is 12.3 Å². The second-order valence-corrected chi connectivity index (χ2v) is 7.02. The average Bonchev–Trinajstić information content (AvgIpc) is 3.37. The van der Waals surface area contributed by atoms with E-state index in [0.29, 0.717) is 28.7 Å². The standard InChI is InChI=1S/C22H24N8O2/c1-5-29(6-2)15-8-9-16(14(4)12-15)25-18-19(22(31)32-7-3)28-30-20(26-27-21(18)30)17-13-23-10-11-24-17/h8-13H,5-7H2,1-4H3/b25-18-. The smallest absolute Gasteiger partial charge is 0.361 e. The molecule has 0 saturated heterocycles. The first-order valence-corrected chi connectivity index (χ1v) is 10.5. The molecule has 0 N–H and O–H groups in total. The second-order valence-electron chi connectivity index (χ2n) is 7.02. The minimum atomic E-state index is -0.570. The lowest BCUT2D eigenvalue weighted by Crippen LogP contribution is -2.25. The number of benzene rings is 1. The molecule has 0 bridgehead atoms. The molecule has 0 radical (unpaired) electrons. The Morgan fingerprint density at radius 2 is 1.91 bits per heavy atom. The summed E-state index contributed by atoms with van der Waals surface area (Å²) in [6.45, 7) is 10.0. The van der Waals surface area contributed by atoms with Gasteiger partial charge in [-0.1, -0.05) is 0 Å². The van der Waals surface area contributed by atoms with Crippen LogP contribution in [-0.2, 0) is 9.53 Å². The molecule has 0 saturated carbocycles. The number of ether oxygens (including phenoxy) is 1. The molecule has 3 heterocycles. The largest absolute Gasteiger partial charge is 0.461 e. The van der Waals surface area contributed by atoms with Crippen LogP contribution in [0.1, 0.15) is 32.2 Å². The van der Waals surface area contributed by atoms with Crippen molar-refractivity contribution >= 4 is 28.8 Å². The van der Waals surface area contributed by atoms with Gasteiger partial charge in [0.1, 0.15) is 11.4 Å². The number of carbonyl (C=O) groups is 1. The van der Waals surface area contributed by atoms with Crippen molar-refractivity contribution < 1.29 is 9.53 Å². The van der Waals surface area contributed by atoms with E-state index in [4.69, 9.17) is 9.73 Å². The summed E-state index contributed by atoms with van der Waals surface area (Å²) in [4.78, 5) is 28.0. The average molecular weight is 432 g/mol. The lowest BCUT2D eigenvalue weighted by molar-refractivity contribution is -0.134. The fraction of sp³-hybridized carbons (Fsp3) is 0.318. The van der Waals surface area contributed by atoms with Crippen LogP contribution in [0.4, 0.5) is 11.4 Å². The normalized spacial score (nSPS) is 13.8. The van der Waals surface area contributed by atoms with Gasteiger partial charge in [-0.3, -0.25) is 4.98 Å². The third-order valence-corrected chi connectivity index (χ3v) is 5.08. The molecule has 32 heavy (non-hydrogen) atoms. The molecule has 10 nitrogen and oxygen atoms in total. The Morgan fingerprint density at radius 1 is 1.12 bits per heavy atom. The molecule has 1 aliphatic rings. The van der Waals surface area contributed by atoms with E-state index in [1.54, 1.807) is 25.5 Å². The van der Waals surface area contributed by atoms with Gasteiger partial charge in [-0.05, 0) is 51.5 Å². The molecule has 0 amide bonds. The van der Waals surface area contributed by atoms with Gasteiger partial charge >= 0.3 is 5.97 Å². The molecule has 0 aliphatic carbocycles. The van der Waals surface area contributed by atoms with Crippen molar-refractivity contribution in [2.75, 3.05) is 24.6 Å². The molecule has 10 heteroatoms. The maximum atomic E-state index is 12.6. The summed E-state index contributed by atoms with van der Waals surface area (Å²) >= 11 is 0. The van der Waals surface area contributed by atoms with Crippen LogP contribution in [0.5, 0.6) is 0 Å². The Hall–Kier alpha value is -3.95. The van der Waals surface area contributed by atoms with Crippen molar-refractivity contribution in [2.24, 2.45) is 10.1 Å². The third kappa shape index (κ3) is 3.86. The molecule has 164 valence electrons. The van der Waals surface area contributed by atoms with Crippen molar-refractivity contribution in [3.05, 3.63) is 48.2 Å². The zero-order valence-electron chi connectivity index (χ0n) is 18.5. The van der Waals surface area contributed by atoms with Gasteiger partial charge in [0.2, 0.25) is 11.6 Å². The molecule has 0 atom stereocenters. The number of fused-ring (bicyclic) bond motifs is 1. The first-order chi connectivity index (χ1) is 15.6. The molecule has 3 aromatic rings. The SMILES string of the molecule is CCOC(=O)C1=Nn2c(nnc2-c2cnccn2)/C1=N\c1ccc(N(CC)CC)cc1C. The lowest BCUT2D eigenvalue weighted by Gasteiger charge is -2.21. The van der Waals surface area contributed by atoms with E-state index in [2.05, 4.69) is 50.1 Å². The summed E-state index contributed by atoms with van der Waals surface area (Å²) < 4.78 is 6.66. The quantitative estimate of drug-likeness (QED) is 0.528. The highest BCUT2D eigenvalue weighted by atomic mass is 16.5. The highest BCUT2D eigenvalue weighted by Gasteiger charge is 2.34. The van der Waals surface area contributed by atoms with Crippen LogP contribution in [0.15, 0.2) is 46.9 Å². The van der Waals surface area contributed by atoms with Crippen molar-refractivity contribution in [2.45, 2.75) is 27.7 Å². The van der Waals surface area contributed by atoms with E-state index in [1.807, 2.05) is 19.1 Å². The van der Waals surface area contributed by atoms with Crippen molar-refractivity contribution in [1.29, 1.82) is 0 Å². The summed E-state index contributed by atoms with van der Waals surface area (Å²) in [5.41, 5.74) is 3.68. The summed E-state index contributed by atoms with van der Waals surface area (Å²) in [5.74, 6) is 0.147. The first-order valence-electron chi connectivity index (χ1n) is 10.5. The van der Waals surface area contributed by atoms with Gasteiger partial charge in [-0.15, -0.1) is 10.2 Å². The fourth-order valence-electron chi connectivity index (χ4n) is 3.46. The Morgan fingerprint density at radius 3 is 2.56 bits per heavy atom. The third-order valence-electron chi connectivity index (χ3n) is 5.08. The summed E-state index contributed by atoms with van der Waals surface area (Å²) in [6.07, 6.45) is 4.68. The van der Waals surface area contributed by atoms with Crippen molar-refractivity contribution in [3.8, 4) is 11.5 Å². The number of hydrogen-bond donors (Lipinski definition) is 0. The van der Waals surface area contributed by atoms with Crippen LogP contribution < -0.4 is 4.90 Å². The number of esters is 1. The number of rotatable bonds is 7. The molecule has 0 unspecified atom stereocenters. The van der Waals surface area contributed by atoms with Crippen molar-refractivity contribution in [3.63, 3.8) is 0 Å². The van der Waals surface area contributed by atoms with Crippen LogP contribution in [0.2, 0.25) is 0 Å². The monoisotopic (exact) mass is 432 g/mol. The van der Waals surface area contributed by atoms with E-state index in [1.165, 1.54) is 4.68 Å². The minimum absolute atomic E-state index is 0.0779. The van der Waals surface area contributed by atoms with Gasteiger partial charge in [0, 0.05) is 31.2 Å². The number of aliphatic imine (C=N–C) groups is 1. The molecule has 1 aromatic carbocycles. The molecule has 1 aliphatic heterocycles. The minimum Gasteiger partial charge on any atom is -0.461 e. The Balaban J connectivity index is 1.80. The highest BCUT2D eigenvalue weighted by molar-refractivity contribution is 6.69. The molecular weight excluding hydrogens is 408 g/mol. The maximum absolute atomic E-state index is 12.6. The van der Waals surface area contributed by atoms with Gasteiger partial charge in [-0.2, -0.15) is 9.78 Å². The Bertz CT molecular complexity index is 1200. The molecule has 4 rings (SSSR count). The molecule has 0 fully saturated rings. The Labute approximate surface area is 185 Å². The molecular formula is C22H24N8O2. The second kappa shape index (κ2) is 9.04. The van der Waals surface area contributed by atoms with E-state index in [0.717, 1.165) is 24.3 Å². The first kappa shape index (κ1) is 21.3. The zero-order chi connectivity index (χ0) is 22.7.